The summed E-state index contributed by atoms with van der Waals surface area (Å²) >= 11 is 0. The summed E-state index contributed by atoms with van der Waals surface area (Å²) in [5.74, 6) is 0.00675. The largest absolute Gasteiger partial charge is 0.399 e. The summed E-state index contributed by atoms with van der Waals surface area (Å²) in [5.41, 5.74) is 9.16. The minimum absolute atomic E-state index is 0.00675. The fourth-order valence-electron chi connectivity index (χ4n) is 1.77. The van der Waals surface area contributed by atoms with Crippen molar-refractivity contribution in [3.05, 3.63) is 54.1 Å². The summed E-state index contributed by atoms with van der Waals surface area (Å²) in [6.45, 7) is 0. The fraction of sp³-hybridized carbons (Fsp3) is 0.133. The first-order valence-electron chi connectivity index (χ1n) is 5.75. The first-order valence-corrected chi connectivity index (χ1v) is 5.75. The van der Waals surface area contributed by atoms with Crippen molar-refractivity contribution in [2.45, 2.75) is 0 Å². The van der Waals surface area contributed by atoms with Crippen molar-refractivity contribution in [2.24, 2.45) is 0 Å². The van der Waals surface area contributed by atoms with Crippen LogP contribution in [0.5, 0.6) is 0 Å². The summed E-state index contributed by atoms with van der Waals surface area (Å²) in [4.78, 5) is 13.5. The highest BCUT2D eigenvalue weighted by atomic mass is 16.2. The molecule has 2 N–H and O–H groups in total. The Balaban J connectivity index is 2.38. The summed E-state index contributed by atoms with van der Waals surface area (Å²) in [6.07, 6.45) is 0. The topological polar surface area (TPSA) is 46.3 Å². The average molecular weight is 240 g/mol. The molecule has 3 heteroatoms. The summed E-state index contributed by atoms with van der Waals surface area (Å²) in [7, 11) is 3.50. The normalized spacial score (nSPS) is 10.1. The van der Waals surface area contributed by atoms with Gasteiger partial charge in [-0.3, -0.25) is 4.79 Å². The molecule has 2 rings (SSSR count). The van der Waals surface area contributed by atoms with E-state index in [1.807, 2.05) is 48.5 Å². The standard InChI is InChI=1S/C15H16N2O/c1-17(2)15(18)13-5-3-4-12(10-13)11-6-8-14(16)9-7-11/h3-10H,16H2,1-2H3. The van der Waals surface area contributed by atoms with Crippen molar-refractivity contribution in [1.29, 1.82) is 0 Å². The van der Waals surface area contributed by atoms with E-state index in [0.717, 1.165) is 16.8 Å². The van der Waals surface area contributed by atoms with E-state index in [9.17, 15) is 4.79 Å². The molecule has 0 atom stereocenters. The van der Waals surface area contributed by atoms with E-state index in [0.29, 0.717) is 5.56 Å². The van der Waals surface area contributed by atoms with E-state index in [4.69, 9.17) is 5.73 Å². The minimum Gasteiger partial charge on any atom is -0.399 e. The zero-order valence-corrected chi connectivity index (χ0v) is 10.6. The van der Waals surface area contributed by atoms with Crippen molar-refractivity contribution in [3.63, 3.8) is 0 Å². The number of amides is 1. The van der Waals surface area contributed by atoms with Gasteiger partial charge in [-0.1, -0.05) is 24.3 Å². The van der Waals surface area contributed by atoms with Crippen LogP contribution in [0.2, 0.25) is 0 Å². The highest BCUT2D eigenvalue weighted by Gasteiger charge is 2.08. The van der Waals surface area contributed by atoms with Gasteiger partial charge >= 0.3 is 0 Å². The fourth-order valence-corrected chi connectivity index (χ4v) is 1.77. The van der Waals surface area contributed by atoms with Gasteiger partial charge in [0.15, 0.2) is 0 Å². The summed E-state index contributed by atoms with van der Waals surface area (Å²) in [6, 6.07) is 15.2. The van der Waals surface area contributed by atoms with E-state index in [1.54, 1.807) is 19.0 Å². The lowest BCUT2D eigenvalue weighted by Crippen LogP contribution is -2.21. The van der Waals surface area contributed by atoms with Crippen LogP contribution in [-0.2, 0) is 0 Å². The Morgan fingerprint density at radius 3 is 2.28 bits per heavy atom. The van der Waals surface area contributed by atoms with E-state index in [2.05, 4.69) is 0 Å². The van der Waals surface area contributed by atoms with Crippen molar-refractivity contribution in [3.8, 4) is 11.1 Å². The van der Waals surface area contributed by atoms with E-state index < -0.39 is 0 Å². The molecule has 18 heavy (non-hydrogen) atoms. The number of benzene rings is 2. The Labute approximate surface area is 107 Å². The predicted octanol–water partition coefficient (Wildman–Crippen LogP) is 2.64. The Kier molecular flexibility index (Phi) is 3.33. The second-order valence-corrected chi connectivity index (χ2v) is 4.40. The zero-order valence-electron chi connectivity index (χ0n) is 10.6. The van der Waals surface area contributed by atoms with Crippen LogP contribution in [0.25, 0.3) is 11.1 Å². The maximum Gasteiger partial charge on any atom is 0.253 e. The molecule has 2 aromatic rings. The Morgan fingerprint density at radius 2 is 1.67 bits per heavy atom. The molecule has 92 valence electrons. The monoisotopic (exact) mass is 240 g/mol. The van der Waals surface area contributed by atoms with Gasteiger partial charge in [0.1, 0.15) is 0 Å². The van der Waals surface area contributed by atoms with Crippen molar-refractivity contribution >= 4 is 11.6 Å². The number of carbonyl (C=O) groups excluding carboxylic acids is 1. The third-order valence-electron chi connectivity index (χ3n) is 2.76. The molecule has 0 aliphatic heterocycles. The quantitative estimate of drug-likeness (QED) is 0.820. The number of nitrogens with two attached hydrogens (primary N) is 1. The van der Waals surface area contributed by atoms with Gasteiger partial charge in [-0.2, -0.15) is 0 Å². The molecule has 0 unspecified atom stereocenters. The number of nitrogens with zero attached hydrogens (tertiary/aromatic N) is 1. The van der Waals surface area contributed by atoms with E-state index in [1.165, 1.54) is 0 Å². The zero-order chi connectivity index (χ0) is 13.1. The minimum atomic E-state index is 0.00675. The second kappa shape index (κ2) is 4.92. The second-order valence-electron chi connectivity index (χ2n) is 4.40. The highest BCUT2D eigenvalue weighted by Crippen LogP contribution is 2.21. The third-order valence-corrected chi connectivity index (χ3v) is 2.76. The third kappa shape index (κ3) is 2.51. The molecule has 0 aromatic heterocycles. The van der Waals surface area contributed by atoms with Gasteiger partial charge in [-0.15, -0.1) is 0 Å². The average Bonchev–Trinajstić information content (AvgIpc) is 2.38. The van der Waals surface area contributed by atoms with Gasteiger partial charge in [0.05, 0.1) is 0 Å². The number of hydrogen-bond donors (Lipinski definition) is 1. The number of rotatable bonds is 2. The smallest absolute Gasteiger partial charge is 0.253 e. The van der Waals surface area contributed by atoms with Gasteiger partial charge in [-0.05, 0) is 35.4 Å². The Hall–Kier alpha value is -2.29. The first-order chi connectivity index (χ1) is 8.58. The molecule has 2 aromatic carbocycles. The summed E-state index contributed by atoms with van der Waals surface area (Å²) in [5, 5.41) is 0. The van der Waals surface area contributed by atoms with Gasteiger partial charge in [0.25, 0.3) is 5.91 Å². The molecule has 0 heterocycles. The number of carbonyl (C=O) groups is 1. The molecule has 0 aliphatic rings. The molecule has 1 amide bonds. The molecule has 0 fully saturated rings. The molecule has 0 aliphatic carbocycles. The van der Waals surface area contributed by atoms with Gasteiger partial charge in [0, 0.05) is 25.3 Å². The molecule has 0 saturated heterocycles. The van der Waals surface area contributed by atoms with Crippen molar-refractivity contribution in [1.82, 2.24) is 4.90 Å². The van der Waals surface area contributed by atoms with Gasteiger partial charge < -0.3 is 10.6 Å². The van der Waals surface area contributed by atoms with Crippen molar-refractivity contribution in [2.75, 3.05) is 19.8 Å². The predicted molar refractivity (Wildman–Crippen MR) is 74.3 cm³/mol. The molecule has 0 spiro atoms. The van der Waals surface area contributed by atoms with Crippen LogP contribution in [0.1, 0.15) is 10.4 Å². The maximum absolute atomic E-state index is 11.9. The molecule has 0 saturated carbocycles. The van der Waals surface area contributed by atoms with Crippen LogP contribution in [-0.4, -0.2) is 24.9 Å². The lowest BCUT2D eigenvalue weighted by molar-refractivity contribution is 0.0827. The first kappa shape index (κ1) is 12.2. The van der Waals surface area contributed by atoms with Crippen LogP contribution >= 0.6 is 0 Å². The van der Waals surface area contributed by atoms with E-state index >= 15 is 0 Å². The lowest BCUT2D eigenvalue weighted by Gasteiger charge is -2.11. The van der Waals surface area contributed by atoms with Crippen LogP contribution in [0, 0.1) is 0 Å². The molecule has 0 radical (unpaired) electrons. The number of nitrogen functional groups attached to an aromatic ring is 1. The van der Waals surface area contributed by atoms with Crippen molar-refractivity contribution < 1.29 is 4.79 Å². The molecule has 0 bridgehead atoms. The number of hydrogen-bond acceptors (Lipinski definition) is 2. The lowest BCUT2D eigenvalue weighted by atomic mass is 10.0. The molecule has 3 nitrogen and oxygen atoms in total. The highest BCUT2D eigenvalue weighted by molar-refractivity contribution is 5.95. The van der Waals surface area contributed by atoms with Crippen LogP contribution < -0.4 is 5.73 Å². The van der Waals surface area contributed by atoms with Gasteiger partial charge in [0.2, 0.25) is 0 Å². The van der Waals surface area contributed by atoms with Crippen LogP contribution in [0.15, 0.2) is 48.5 Å². The molecular formula is C15H16N2O. The Bertz CT molecular complexity index is 559. The summed E-state index contributed by atoms with van der Waals surface area (Å²) < 4.78 is 0. The number of anilines is 1. The van der Waals surface area contributed by atoms with Crippen LogP contribution in [0.4, 0.5) is 5.69 Å². The maximum atomic E-state index is 11.9. The SMILES string of the molecule is CN(C)C(=O)c1cccc(-c2ccc(N)cc2)c1. The van der Waals surface area contributed by atoms with Crippen LogP contribution in [0.3, 0.4) is 0 Å². The van der Waals surface area contributed by atoms with E-state index in [-0.39, 0.29) is 5.91 Å². The van der Waals surface area contributed by atoms with Gasteiger partial charge in [-0.25, -0.2) is 0 Å². The Morgan fingerprint density at radius 1 is 1.00 bits per heavy atom. The molecular weight excluding hydrogens is 224 g/mol.